The number of rotatable bonds is 8. The summed E-state index contributed by atoms with van der Waals surface area (Å²) in [5.41, 5.74) is 1.20. The van der Waals surface area contributed by atoms with Gasteiger partial charge in [0.25, 0.3) is 0 Å². The Balaban J connectivity index is 3.40. The Morgan fingerprint density at radius 3 is 2.13 bits per heavy atom. The molecule has 0 aromatic carbocycles. The van der Waals surface area contributed by atoms with Crippen LogP contribution in [0.3, 0.4) is 0 Å². The lowest BCUT2D eigenvalue weighted by Gasteiger charge is -2.12. The van der Waals surface area contributed by atoms with Gasteiger partial charge in [-0.05, 0) is 38.8 Å². The van der Waals surface area contributed by atoms with Gasteiger partial charge in [0.05, 0.1) is 5.92 Å². The molecule has 0 spiro atoms. The lowest BCUT2D eigenvalue weighted by atomic mass is 10.0. The molecule has 0 saturated heterocycles. The zero-order valence-electron chi connectivity index (χ0n) is 10.0. The molecule has 0 aliphatic carbocycles. The molecular formula is C12H23NO2. The standard InChI is InChI=1S/C12H23NO2/c1-9(2)10(3)5-7-13-8-6-11(4)12(14)15/h10-11,13H,1,5-8H2,2-4H3,(H,14,15). The minimum atomic E-state index is -0.716. The molecule has 2 unspecified atom stereocenters. The molecule has 0 aliphatic rings. The van der Waals surface area contributed by atoms with Gasteiger partial charge in [0.15, 0.2) is 0 Å². The highest BCUT2D eigenvalue weighted by molar-refractivity contribution is 5.69. The lowest BCUT2D eigenvalue weighted by Crippen LogP contribution is -2.22. The fraction of sp³-hybridized carbons (Fsp3) is 0.750. The average Bonchev–Trinajstić information content (AvgIpc) is 2.16. The van der Waals surface area contributed by atoms with Crippen molar-refractivity contribution in [2.75, 3.05) is 13.1 Å². The molecule has 0 aromatic rings. The molecule has 2 atom stereocenters. The topological polar surface area (TPSA) is 49.3 Å². The third kappa shape index (κ3) is 7.14. The van der Waals surface area contributed by atoms with Gasteiger partial charge in [-0.3, -0.25) is 4.79 Å². The fourth-order valence-corrected chi connectivity index (χ4v) is 1.13. The van der Waals surface area contributed by atoms with Gasteiger partial charge in [-0.1, -0.05) is 26.0 Å². The van der Waals surface area contributed by atoms with Crippen LogP contribution in [-0.4, -0.2) is 24.2 Å². The lowest BCUT2D eigenvalue weighted by molar-refractivity contribution is -0.141. The Morgan fingerprint density at radius 1 is 1.27 bits per heavy atom. The Hall–Kier alpha value is -0.830. The quantitative estimate of drug-likeness (QED) is 0.480. The summed E-state index contributed by atoms with van der Waals surface area (Å²) in [5, 5.41) is 11.9. The van der Waals surface area contributed by atoms with Crippen LogP contribution in [0.2, 0.25) is 0 Å². The van der Waals surface area contributed by atoms with Crippen molar-refractivity contribution in [1.82, 2.24) is 5.32 Å². The van der Waals surface area contributed by atoms with Crippen LogP contribution < -0.4 is 5.32 Å². The summed E-state index contributed by atoms with van der Waals surface area (Å²) in [5.74, 6) is -0.433. The molecule has 0 heterocycles. The van der Waals surface area contributed by atoms with E-state index in [0.717, 1.165) is 19.5 Å². The molecule has 0 aromatic heterocycles. The Kier molecular flexibility index (Phi) is 7.05. The summed E-state index contributed by atoms with van der Waals surface area (Å²) in [6.07, 6.45) is 1.76. The normalized spacial score (nSPS) is 14.6. The molecule has 88 valence electrons. The number of nitrogens with one attached hydrogen (secondary N) is 1. The van der Waals surface area contributed by atoms with Crippen LogP contribution in [0.4, 0.5) is 0 Å². The van der Waals surface area contributed by atoms with E-state index in [4.69, 9.17) is 5.11 Å². The predicted octanol–water partition coefficient (Wildman–Crippen LogP) is 2.29. The van der Waals surface area contributed by atoms with Crippen LogP contribution in [0.1, 0.15) is 33.6 Å². The first-order valence-electron chi connectivity index (χ1n) is 5.54. The monoisotopic (exact) mass is 213 g/mol. The molecule has 15 heavy (non-hydrogen) atoms. The average molecular weight is 213 g/mol. The second-order valence-corrected chi connectivity index (χ2v) is 4.31. The van der Waals surface area contributed by atoms with Crippen molar-refractivity contribution >= 4 is 5.97 Å². The third-order valence-electron chi connectivity index (χ3n) is 2.77. The first-order valence-corrected chi connectivity index (χ1v) is 5.54. The van der Waals surface area contributed by atoms with E-state index in [1.165, 1.54) is 5.57 Å². The summed E-state index contributed by atoms with van der Waals surface area (Å²) in [4.78, 5) is 10.5. The van der Waals surface area contributed by atoms with E-state index < -0.39 is 5.97 Å². The molecule has 0 saturated carbocycles. The van der Waals surface area contributed by atoms with Gasteiger partial charge in [0.1, 0.15) is 0 Å². The van der Waals surface area contributed by atoms with E-state index in [2.05, 4.69) is 18.8 Å². The molecule has 3 heteroatoms. The van der Waals surface area contributed by atoms with Gasteiger partial charge in [0, 0.05) is 0 Å². The van der Waals surface area contributed by atoms with Gasteiger partial charge in [-0.25, -0.2) is 0 Å². The van der Waals surface area contributed by atoms with Crippen molar-refractivity contribution in [3.8, 4) is 0 Å². The highest BCUT2D eigenvalue weighted by atomic mass is 16.4. The number of allylic oxidation sites excluding steroid dienone is 1. The van der Waals surface area contributed by atoms with Crippen LogP contribution in [0.5, 0.6) is 0 Å². The first kappa shape index (κ1) is 14.2. The van der Waals surface area contributed by atoms with Gasteiger partial charge >= 0.3 is 5.97 Å². The summed E-state index contributed by atoms with van der Waals surface area (Å²) in [6.45, 7) is 11.5. The zero-order chi connectivity index (χ0) is 11.8. The summed E-state index contributed by atoms with van der Waals surface area (Å²) < 4.78 is 0. The highest BCUT2D eigenvalue weighted by Crippen LogP contribution is 2.10. The molecule has 0 radical (unpaired) electrons. The Morgan fingerprint density at radius 2 is 1.73 bits per heavy atom. The SMILES string of the molecule is C=C(C)C(C)CCNCCC(C)C(=O)O. The van der Waals surface area contributed by atoms with E-state index in [1.54, 1.807) is 6.92 Å². The zero-order valence-corrected chi connectivity index (χ0v) is 10.0. The molecule has 0 amide bonds. The predicted molar refractivity (Wildman–Crippen MR) is 62.9 cm³/mol. The molecule has 3 nitrogen and oxygen atoms in total. The van der Waals surface area contributed by atoms with Crippen molar-refractivity contribution in [3.63, 3.8) is 0 Å². The Bertz CT molecular complexity index is 192. The maximum Gasteiger partial charge on any atom is 0.306 e. The minimum absolute atomic E-state index is 0.254. The number of carbonyl (C=O) groups is 1. The largest absolute Gasteiger partial charge is 0.481 e. The van der Waals surface area contributed by atoms with Crippen molar-refractivity contribution < 1.29 is 9.90 Å². The molecule has 0 fully saturated rings. The van der Waals surface area contributed by atoms with E-state index in [1.807, 2.05) is 6.92 Å². The van der Waals surface area contributed by atoms with Crippen molar-refractivity contribution in [1.29, 1.82) is 0 Å². The first-order chi connectivity index (χ1) is 6.95. The van der Waals surface area contributed by atoms with Crippen LogP contribution in [0.25, 0.3) is 0 Å². The molecule has 2 N–H and O–H groups in total. The highest BCUT2D eigenvalue weighted by Gasteiger charge is 2.09. The van der Waals surface area contributed by atoms with E-state index in [-0.39, 0.29) is 5.92 Å². The second kappa shape index (κ2) is 7.46. The Labute approximate surface area is 92.6 Å². The van der Waals surface area contributed by atoms with Gasteiger partial charge < -0.3 is 10.4 Å². The minimum Gasteiger partial charge on any atom is -0.481 e. The fourth-order valence-electron chi connectivity index (χ4n) is 1.13. The summed E-state index contributed by atoms with van der Waals surface area (Å²) in [6, 6.07) is 0. The number of hydrogen-bond acceptors (Lipinski definition) is 2. The summed E-state index contributed by atoms with van der Waals surface area (Å²) >= 11 is 0. The van der Waals surface area contributed by atoms with Gasteiger partial charge in [-0.15, -0.1) is 0 Å². The molecule has 0 rings (SSSR count). The van der Waals surface area contributed by atoms with Crippen molar-refractivity contribution in [2.24, 2.45) is 11.8 Å². The van der Waals surface area contributed by atoms with Crippen LogP contribution >= 0.6 is 0 Å². The third-order valence-corrected chi connectivity index (χ3v) is 2.77. The van der Waals surface area contributed by atoms with E-state index in [0.29, 0.717) is 12.3 Å². The molecule has 0 aliphatic heterocycles. The van der Waals surface area contributed by atoms with Crippen molar-refractivity contribution in [2.45, 2.75) is 33.6 Å². The number of hydrogen-bond donors (Lipinski definition) is 2. The maximum absolute atomic E-state index is 10.5. The number of carboxylic acid groups (broad SMARTS) is 1. The van der Waals surface area contributed by atoms with Crippen LogP contribution in [0, 0.1) is 11.8 Å². The maximum atomic E-state index is 10.5. The van der Waals surface area contributed by atoms with Crippen molar-refractivity contribution in [3.05, 3.63) is 12.2 Å². The van der Waals surface area contributed by atoms with E-state index >= 15 is 0 Å². The number of carboxylic acids is 1. The summed E-state index contributed by atoms with van der Waals surface area (Å²) in [7, 11) is 0. The molecule has 0 bridgehead atoms. The van der Waals surface area contributed by atoms with Crippen LogP contribution in [0.15, 0.2) is 12.2 Å². The van der Waals surface area contributed by atoms with Crippen LogP contribution in [-0.2, 0) is 4.79 Å². The number of aliphatic carboxylic acids is 1. The smallest absolute Gasteiger partial charge is 0.306 e. The van der Waals surface area contributed by atoms with Gasteiger partial charge in [0.2, 0.25) is 0 Å². The second-order valence-electron chi connectivity index (χ2n) is 4.31. The van der Waals surface area contributed by atoms with Gasteiger partial charge in [-0.2, -0.15) is 0 Å². The molecular weight excluding hydrogens is 190 g/mol. The van der Waals surface area contributed by atoms with E-state index in [9.17, 15) is 4.79 Å².